The summed E-state index contributed by atoms with van der Waals surface area (Å²) in [5.74, 6) is -3.45. The van der Waals surface area contributed by atoms with Gasteiger partial charge in [0.05, 0.1) is 5.92 Å². The third-order valence-corrected chi connectivity index (χ3v) is 12.2. The molecule has 314 valence electrons. The Hall–Kier alpha value is -5.56. The molecule has 1 aliphatic carbocycles. The van der Waals surface area contributed by atoms with Crippen molar-refractivity contribution in [3.05, 3.63) is 112 Å². The predicted octanol–water partition coefficient (Wildman–Crippen LogP) is 8.03. The Bertz CT molecular complexity index is 2040. The van der Waals surface area contributed by atoms with Crippen LogP contribution in [-0.4, -0.2) is 76.6 Å². The minimum atomic E-state index is -0.955. The number of likely N-dealkylation sites (N-methyl/N-ethyl adjacent to an activating group) is 1. The molecular weight excluding hydrogens is 769 g/mol. The number of benzene rings is 3. The first kappa shape index (κ1) is 44.5. The molecule has 0 fully saturated rings. The second-order valence-electron chi connectivity index (χ2n) is 15.8. The van der Waals surface area contributed by atoms with E-state index in [1.807, 2.05) is 94.4 Å². The van der Waals surface area contributed by atoms with Gasteiger partial charge in [-0.2, -0.15) is 0 Å². The quantitative estimate of drug-likeness (QED) is 0.0795. The molecule has 59 heavy (non-hydrogen) atoms. The van der Waals surface area contributed by atoms with Crippen molar-refractivity contribution in [3.8, 4) is 11.1 Å². The fourth-order valence-corrected chi connectivity index (χ4v) is 8.59. The lowest BCUT2D eigenvalue weighted by Crippen LogP contribution is -2.54. The Morgan fingerprint density at radius 1 is 0.864 bits per heavy atom. The molecule has 1 aromatic heterocycles. The van der Waals surface area contributed by atoms with Crippen molar-refractivity contribution >= 4 is 41.2 Å². The Morgan fingerprint density at radius 2 is 1.47 bits per heavy atom. The first-order valence-corrected chi connectivity index (χ1v) is 21.1. The van der Waals surface area contributed by atoms with Crippen LogP contribution in [0, 0.1) is 17.8 Å². The summed E-state index contributed by atoms with van der Waals surface area (Å²) in [6, 6.07) is 23.8. The molecule has 0 spiro atoms. The van der Waals surface area contributed by atoms with E-state index < -0.39 is 54.1 Å². The molecule has 0 radical (unpaired) electrons. The monoisotopic (exact) mass is 824 g/mol. The number of carboxylic acids is 1. The van der Waals surface area contributed by atoms with Crippen LogP contribution in [0.2, 0.25) is 0 Å². The highest BCUT2D eigenvalue weighted by molar-refractivity contribution is 7.09. The zero-order valence-corrected chi connectivity index (χ0v) is 35.7. The number of thiazole rings is 1. The van der Waals surface area contributed by atoms with Gasteiger partial charge in [-0.05, 0) is 52.5 Å². The van der Waals surface area contributed by atoms with E-state index >= 15 is 0 Å². The van der Waals surface area contributed by atoms with Gasteiger partial charge in [0.25, 0.3) is 5.91 Å². The lowest BCUT2D eigenvalue weighted by atomic mass is 9.93. The van der Waals surface area contributed by atoms with Crippen molar-refractivity contribution in [3.63, 3.8) is 0 Å². The number of fused-ring (bicyclic) bond motifs is 3. The van der Waals surface area contributed by atoms with Crippen LogP contribution in [0.25, 0.3) is 11.1 Å². The van der Waals surface area contributed by atoms with Gasteiger partial charge >= 0.3 is 18.0 Å². The number of nitrogens with one attached hydrogen (secondary N) is 2. The standard InChI is InChI=1S/C46H56N4O8S/c1-8-28(4)41(49-46(56)57-25-37-35-20-14-12-18-33(35)34-19-13-15-21-36(34)37)44(53)50(7)39(27(2)3)24-40(58-30(6)51)43-48-38(26-59-43)42(52)47-32(22-29(5)45(54)55)23-31-16-10-9-11-17-31/h9-21,26-29,32,37,39-41H,8,22-25H2,1-7H3,(H,47,52)(H,49,56)(H,54,55)/t28?,29-,32+,39+,40+,41-/m0/s1. The van der Waals surface area contributed by atoms with E-state index in [2.05, 4.69) is 27.8 Å². The summed E-state index contributed by atoms with van der Waals surface area (Å²) in [6.07, 6.45) is -0.129. The van der Waals surface area contributed by atoms with E-state index in [0.717, 1.165) is 39.2 Å². The van der Waals surface area contributed by atoms with Crippen molar-refractivity contribution in [2.45, 2.75) is 97.4 Å². The number of carbonyl (C=O) groups excluding carboxylic acids is 4. The molecule has 1 unspecified atom stereocenters. The molecule has 1 heterocycles. The number of hydrogen-bond acceptors (Lipinski definition) is 9. The van der Waals surface area contributed by atoms with Crippen LogP contribution in [0.1, 0.15) is 105 Å². The first-order chi connectivity index (χ1) is 28.2. The first-order valence-electron chi connectivity index (χ1n) is 20.3. The second-order valence-corrected chi connectivity index (χ2v) is 16.7. The third-order valence-electron chi connectivity index (χ3n) is 11.2. The average Bonchev–Trinajstić information content (AvgIpc) is 3.84. The second kappa shape index (κ2) is 20.4. The topological polar surface area (TPSA) is 164 Å². The predicted molar refractivity (Wildman–Crippen MR) is 227 cm³/mol. The maximum absolute atomic E-state index is 14.3. The number of nitrogens with zero attached hydrogens (tertiary/aromatic N) is 2. The maximum Gasteiger partial charge on any atom is 0.407 e. The average molecular weight is 825 g/mol. The Labute approximate surface area is 350 Å². The van der Waals surface area contributed by atoms with Gasteiger partial charge in [0, 0.05) is 43.8 Å². The van der Waals surface area contributed by atoms with Crippen molar-refractivity contribution in [1.29, 1.82) is 0 Å². The van der Waals surface area contributed by atoms with Crippen LogP contribution < -0.4 is 10.6 Å². The molecule has 0 bridgehead atoms. The molecule has 0 saturated heterocycles. The number of rotatable bonds is 19. The number of ether oxygens (including phenoxy) is 2. The smallest absolute Gasteiger partial charge is 0.407 e. The Balaban J connectivity index is 1.28. The van der Waals surface area contributed by atoms with Crippen molar-refractivity contribution in [2.24, 2.45) is 17.8 Å². The van der Waals surface area contributed by atoms with E-state index in [0.29, 0.717) is 17.8 Å². The molecule has 12 nitrogen and oxygen atoms in total. The molecule has 13 heteroatoms. The Morgan fingerprint density at radius 3 is 2.05 bits per heavy atom. The maximum atomic E-state index is 14.3. The fourth-order valence-electron chi connectivity index (χ4n) is 7.75. The largest absolute Gasteiger partial charge is 0.481 e. The molecule has 3 aromatic carbocycles. The molecule has 0 aliphatic heterocycles. The van der Waals surface area contributed by atoms with E-state index in [-0.39, 0.29) is 48.8 Å². The van der Waals surface area contributed by atoms with E-state index in [1.165, 1.54) is 6.92 Å². The number of aromatic nitrogens is 1. The summed E-state index contributed by atoms with van der Waals surface area (Å²) in [5.41, 5.74) is 5.47. The highest BCUT2D eigenvalue weighted by atomic mass is 32.1. The van der Waals surface area contributed by atoms with Crippen LogP contribution in [0.5, 0.6) is 0 Å². The van der Waals surface area contributed by atoms with Gasteiger partial charge in [-0.3, -0.25) is 19.2 Å². The minimum absolute atomic E-state index is 0.105. The van der Waals surface area contributed by atoms with Crippen LogP contribution in [0.15, 0.2) is 84.2 Å². The zero-order chi connectivity index (χ0) is 42.8. The van der Waals surface area contributed by atoms with Crippen molar-refractivity contribution in [1.82, 2.24) is 20.5 Å². The summed E-state index contributed by atoms with van der Waals surface area (Å²) >= 11 is 1.16. The minimum Gasteiger partial charge on any atom is -0.481 e. The van der Waals surface area contributed by atoms with Gasteiger partial charge in [0.15, 0.2) is 6.10 Å². The summed E-state index contributed by atoms with van der Waals surface area (Å²) < 4.78 is 11.6. The van der Waals surface area contributed by atoms with Gasteiger partial charge in [-0.1, -0.05) is 120 Å². The molecule has 6 atom stereocenters. The number of carbonyl (C=O) groups is 5. The summed E-state index contributed by atoms with van der Waals surface area (Å²) in [7, 11) is 1.68. The highest BCUT2D eigenvalue weighted by Gasteiger charge is 2.37. The van der Waals surface area contributed by atoms with Crippen LogP contribution in [0.3, 0.4) is 0 Å². The molecular formula is C46H56N4O8S. The van der Waals surface area contributed by atoms with E-state index in [4.69, 9.17) is 9.47 Å². The van der Waals surface area contributed by atoms with Gasteiger partial charge in [-0.15, -0.1) is 11.3 Å². The summed E-state index contributed by atoms with van der Waals surface area (Å²) in [6.45, 7) is 10.8. The number of alkyl carbamates (subject to hydrolysis) is 1. The fraction of sp³-hybridized carbons (Fsp3) is 0.435. The van der Waals surface area contributed by atoms with Gasteiger partial charge in [0.1, 0.15) is 23.4 Å². The van der Waals surface area contributed by atoms with E-state index in [1.54, 1.807) is 24.3 Å². The number of amides is 3. The SMILES string of the molecule is CCC(C)[C@H](NC(=O)OCC1c2ccccc2-c2ccccc21)C(=O)N(C)[C@H](C[C@@H](OC(C)=O)c1nc(C(=O)N[C@@H](Cc2ccccc2)C[C@H](C)C(=O)O)cs1)C(C)C. The lowest BCUT2D eigenvalue weighted by molar-refractivity contribution is -0.149. The Kier molecular flexibility index (Phi) is 15.4. The normalized spacial score (nSPS) is 15.1. The van der Waals surface area contributed by atoms with Gasteiger partial charge < -0.3 is 30.1 Å². The van der Waals surface area contributed by atoms with Crippen molar-refractivity contribution in [2.75, 3.05) is 13.7 Å². The van der Waals surface area contributed by atoms with Crippen LogP contribution in [-0.2, 0) is 30.3 Å². The van der Waals surface area contributed by atoms with Gasteiger partial charge in [-0.25, -0.2) is 9.78 Å². The van der Waals surface area contributed by atoms with E-state index in [9.17, 15) is 29.1 Å². The molecule has 0 saturated carbocycles. The van der Waals surface area contributed by atoms with Crippen LogP contribution in [0.4, 0.5) is 4.79 Å². The molecule has 3 N–H and O–H groups in total. The molecule has 4 aromatic rings. The van der Waals surface area contributed by atoms with Crippen molar-refractivity contribution < 1.29 is 38.6 Å². The number of hydrogen-bond donors (Lipinski definition) is 3. The third kappa shape index (κ3) is 11.3. The molecule has 3 amide bonds. The summed E-state index contributed by atoms with van der Waals surface area (Å²) in [4.78, 5) is 71.6. The van der Waals surface area contributed by atoms with Gasteiger partial charge in [0.2, 0.25) is 5.91 Å². The number of aliphatic carboxylic acids is 1. The summed E-state index contributed by atoms with van der Waals surface area (Å²) in [5, 5.41) is 17.4. The van der Waals surface area contributed by atoms with Crippen LogP contribution >= 0.6 is 11.3 Å². The number of carboxylic acid groups (broad SMARTS) is 1. The lowest BCUT2D eigenvalue weighted by Gasteiger charge is -2.36. The molecule has 5 rings (SSSR count). The molecule has 1 aliphatic rings. The highest BCUT2D eigenvalue weighted by Crippen LogP contribution is 2.44. The number of esters is 1. The zero-order valence-electron chi connectivity index (χ0n) is 34.8.